The molecule has 24 heavy (non-hydrogen) atoms. The van der Waals surface area contributed by atoms with Gasteiger partial charge in [0.15, 0.2) is 0 Å². The minimum atomic E-state index is -0.935. The number of furan rings is 1. The molecule has 0 atom stereocenters. The van der Waals surface area contributed by atoms with Gasteiger partial charge in [0.2, 0.25) is 0 Å². The van der Waals surface area contributed by atoms with Crippen LogP contribution in [0.15, 0.2) is 53.4 Å². The number of nitrogens with zero attached hydrogens (tertiary/aromatic N) is 3. The highest BCUT2D eigenvalue weighted by Gasteiger charge is 2.44. The number of benzene rings is 1. The van der Waals surface area contributed by atoms with Gasteiger partial charge in [-0.1, -0.05) is 12.1 Å². The molecule has 1 saturated heterocycles. The lowest BCUT2D eigenvalue weighted by molar-refractivity contribution is -0.150. The Kier molecular flexibility index (Phi) is 3.61. The third-order valence-electron chi connectivity index (χ3n) is 4.96. The summed E-state index contributed by atoms with van der Waals surface area (Å²) < 4.78 is 7.23. The predicted octanol–water partition coefficient (Wildman–Crippen LogP) is 2.71. The van der Waals surface area contributed by atoms with Crippen LogP contribution < -0.4 is 0 Å². The van der Waals surface area contributed by atoms with Crippen LogP contribution >= 0.6 is 0 Å². The first-order valence-electron chi connectivity index (χ1n) is 8.10. The molecule has 1 fully saturated rings. The second-order valence-corrected chi connectivity index (χ2v) is 6.30. The number of imidazole rings is 1. The third kappa shape index (κ3) is 2.39. The summed E-state index contributed by atoms with van der Waals surface area (Å²) in [6.45, 7) is 2.13. The minimum absolute atomic E-state index is 0.545. The molecule has 0 saturated carbocycles. The molecule has 0 bridgehead atoms. The number of aromatic nitrogens is 2. The van der Waals surface area contributed by atoms with E-state index >= 15 is 0 Å². The van der Waals surface area contributed by atoms with Gasteiger partial charge in [-0.25, -0.2) is 9.78 Å². The summed E-state index contributed by atoms with van der Waals surface area (Å²) >= 11 is 0. The molecule has 0 spiro atoms. The Morgan fingerprint density at radius 3 is 2.71 bits per heavy atom. The first-order valence-corrected chi connectivity index (χ1v) is 8.10. The number of piperidine rings is 1. The van der Waals surface area contributed by atoms with Crippen molar-refractivity contribution in [2.75, 3.05) is 13.1 Å². The Hall–Kier alpha value is -2.60. The minimum Gasteiger partial charge on any atom is -0.479 e. The lowest BCUT2D eigenvalue weighted by atomic mass is 9.87. The zero-order valence-electron chi connectivity index (χ0n) is 13.3. The molecule has 1 aromatic carbocycles. The molecule has 124 valence electrons. The van der Waals surface area contributed by atoms with E-state index in [1.54, 1.807) is 12.6 Å². The second kappa shape index (κ2) is 5.79. The number of aliphatic carboxylic acids is 1. The van der Waals surface area contributed by atoms with Crippen LogP contribution in [0.3, 0.4) is 0 Å². The number of rotatable bonds is 4. The molecule has 6 heteroatoms. The Morgan fingerprint density at radius 1 is 1.21 bits per heavy atom. The van der Waals surface area contributed by atoms with Crippen molar-refractivity contribution in [3.8, 4) is 0 Å². The van der Waals surface area contributed by atoms with E-state index in [2.05, 4.69) is 9.88 Å². The number of carboxylic acids is 1. The van der Waals surface area contributed by atoms with E-state index < -0.39 is 11.5 Å². The van der Waals surface area contributed by atoms with Crippen molar-refractivity contribution in [3.63, 3.8) is 0 Å². The average Bonchev–Trinajstić information content (AvgIpc) is 3.25. The highest BCUT2D eigenvalue weighted by molar-refractivity contribution is 5.82. The largest absolute Gasteiger partial charge is 0.479 e. The quantitative estimate of drug-likeness (QED) is 0.798. The van der Waals surface area contributed by atoms with E-state index in [0.717, 1.165) is 16.8 Å². The number of carbonyl (C=O) groups is 1. The van der Waals surface area contributed by atoms with E-state index in [4.69, 9.17) is 4.42 Å². The fourth-order valence-corrected chi connectivity index (χ4v) is 3.56. The molecule has 1 aliphatic heterocycles. The van der Waals surface area contributed by atoms with Gasteiger partial charge < -0.3 is 14.1 Å². The van der Waals surface area contributed by atoms with E-state index in [9.17, 15) is 9.90 Å². The van der Waals surface area contributed by atoms with Gasteiger partial charge in [0.05, 0.1) is 30.2 Å². The van der Waals surface area contributed by atoms with Gasteiger partial charge in [0.25, 0.3) is 0 Å². The topological polar surface area (TPSA) is 71.5 Å². The number of para-hydroxylation sites is 2. The SMILES string of the molecule is O=C(O)C1(n2cnc3ccccc32)CCN(Cc2ccco2)CC1. The fraction of sp³-hybridized carbons (Fsp3) is 0.333. The first kappa shape index (κ1) is 15.0. The van der Waals surface area contributed by atoms with E-state index in [0.29, 0.717) is 32.5 Å². The molecule has 4 rings (SSSR count). The molecule has 3 aromatic rings. The summed E-state index contributed by atoms with van der Waals surface area (Å²) in [6.07, 6.45) is 4.42. The van der Waals surface area contributed by atoms with Crippen LogP contribution in [-0.4, -0.2) is 38.6 Å². The van der Waals surface area contributed by atoms with Gasteiger partial charge >= 0.3 is 5.97 Å². The van der Waals surface area contributed by atoms with E-state index in [1.807, 2.05) is 41.0 Å². The Balaban J connectivity index is 1.61. The van der Waals surface area contributed by atoms with Gasteiger partial charge in [0, 0.05) is 13.1 Å². The molecule has 0 amide bonds. The van der Waals surface area contributed by atoms with Crippen molar-refractivity contribution in [2.45, 2.75) is 24.9 Å². The van der Waals surface area contributed by atoms with Crippen molar-refractivity contribution in [1.82, 2.24) is 14.5 Å². The zero-order valence-corrected chi connectivity index (χ0v) is 13.3. The Bertz CT molecular complexity index is 845. The Labute approximate surface area is 139 Å². The van der Waals surface area contributed by atoms with Crippen LogP contribution in [0, 0.1) is 0 Å². The molecule has 1 N–H and O–H groups in total. The smallest absolute Gasteiger partial charge is 0.330 e. The average molecular weight is 325 g/mol. The zero-order chi connectivity index (χ0) is 16.6. The van der Waals surface area contributed by atoms with Crippen molar-refractivity contribution in [2.24, 2.45) is 0 Å². The van der Waals surface area contributed by atoms with Gasteiger partial charge in [0.1, 0.15) is 11.3 Å². The summed E-state index contributed by atoms with van der Waals surface area (Å²) in [5.74, 6) is 0.120. The summed E-state index contributed by atoms with van der Waals surface area (Å²) in [5.41, 5.74) is 0.769. The molecular weight excluding hydrogens is 306 g/mol. The van der Waals surface area contributed by atoms with Crippen LogP contribution in [0.4, 0.5) is 0 Å². The standard InChI is InChI=1S/C18H19N3O3/c22-17(23)18(21-13-19-15-5-1-2-6-16(15)21)7-9-20(10-8-18)12-14-4-3-11-24-14/h1-6,11,13H,7-10,12H2,(H,22,23). The van der Waals surface area contributed by atoms with Crippen LogP contribution in [0.5, 0.6) is 0 Å². The predicted molar refractivity (Wildman–Crippen MR) is 88.6 cm³/mol. The van der Waals surface area contributed by atoms with E-state index in [-0.39, 0.29) is 0 Å². The maximum Gasteiger partial charge on any atom is 0.330 e. The van der Waals surface area contributed by atoms with E-state index in [1.165, 1.54) is 0 Å². The van der Waals surface area contributed by atoms with Gasteiger partial charge in [-0.2, -0.15) is 0 Å². The summed E-state index contributed by atoms with van der Waals surface area (Å²) in [6, 6.07) is 11.5. The number of hydrogen-bond donors (Lipinski definition) is 1. The molecule has 0 aliphatic carbocycles. The molecule has 0 radical (unpaired) electrons. The number of fused-ring (bicyclic) bond motifs is 1. The first-order chi connectivity index (χ1) is 11.7. The maximum atomic E-state index is 12.2. The highest BCUT2D eigenvalue weighted by Crippen LogP contribution is 2.34. The molecule has 1 aliphatic rings. The number of carboxylic acid groups (broad SMARTS) is 1. The monoisotopic (exact) mass is 325 g/mol. The van der Waals surface area contributed by atoms with Crippen LogP contribution in [-0.2, 0) is 16.9 Å². The Morgan fingerprint density at radius 2 is 2.00 bits per heavy atom. The highest BCUT2D eigenvalue weighted by atomic mass is 16.4. The van der Waals surface area contributed by atoms with Crippen LogP contribution in [0.1, 0.15) is 18.6 Å². The van der Waals surface area contributed by atoms with Crippen molar-refractivity contribution in [3.05, 3.63) is 54.7 Å². The van der Waals surface area contributed by atoms with Crippen molar-refractivity contribution >= 4 is 17.0 Å². The molecule has 2 aromatic heterocycles. The lowest BCUT2D eigenvalue weighted by Crippen LogP contribution is -2.50. The maximum absolute atomic E-state index is 12.2. The second-order valence-electron chi connectivity index (χ2n) is 6.30. The normalized spacial score (nSPS) is 18.0. The molecular formula is C18H19N3O3. The lowest BCUT2D eigenvalue weighted by Gasteiger charge is -2.39. The molecule has 3 heterocycles. The number of likely N-dealkylation sites (tertiary alicyclic amines) is 1. The molecule has 0 unspecified atom stereocenters. The number of hydrogen-bond acceptors (Lipinski definition) is 4. The van der Waals surface area contributed by atoms with Crippen molar-refractivity contribution < 1.29 is 14.3 Å². The van der Waals surface area contributed by atoms with Gasteiger partial charge in [-0.3, -0.25) is 4.90 Å². The van der Waals surface area contributed by atoms with Gasteiger partial charge in [-0.15, -0.1) is 0 Å². The fourth-order valence-electron chi connectivity index (χ4n) is 3.56. The van der Waals surface area contributed by atoms with Gasteiger partial charge in [-0.05, 0) is 37.1 Å². The summed E-state index contributed by atoms with van der Waals surface area (Å²) in [4.78, 5) is 18.8. The van der Waals surface area contributed by atoms with Crippen molar-refractivity contribution in [1.29, 1.82) is 0 Å². The summed E-state index contributed by atoms with van der Waals surface area (Å²) in [5, 5.41) is 9.98. The van der Waals surface area contributed by atoms with Crippen LogP contribution in [0.25, 0.3) is 11.0 Å². The third-order valence-corrected chi connectivity index (χ3v) is 4.96. The van der Waals surface area contributed by atoms with Crippen LogP contribution in [0.2, 0.25) is 0 Å². The molecule has 6 nitrogen and oxygen atoms in total. The summed E-state index contributed by atoms with van der Waals surface area (Å²) in [7, 11) is 0.